The van der Waals surface area contributed by atoms with E-state index in [-0.39, 0.29) is 12.1 Å². The lowest BCUT2D eigenvalue weighted by atomic mass is 10.1. The maximum atomic E-state index is 7.67. The van der Waals surface area contributed by atoms with Gasteiger partial charge in [-0.15, -0.1) is 0 Å². The van der Waals surface area contributed by atoms with Crippen LogP contribution in [-0.4, -0.2) is 27.6 Å². The average molecular weight is 494 g/mol. The van der Waals surface area contributed by atoms with Crippen LogP contribution in [-0.2, 0) is 4.43 Å². The molecule has 2 atom stereocenters. The lowest BCUT2D eigenvalue weighted by Gasteiger charge is -2.53. The molecule has 0 saturated carbocycles. The molecule has 1 fully saturated rings. The van der Waals surface area contributed by atoms with Crippen LogP contribution in [0.3, 0.4) is 0 Å². The maximum absolute atomic E-state index is 7.67. The van der Waals surface area contributed by atoms with Crippen molar-refractivity contribution in [3.8, 4) is 0 Å². The molecule has 4 heteroatoms. The number of rotatable bonds is 7. The lowest BCUT2D eigenvalue weighted by Crippen LogP contribution is -2.88. The molecule has 178 valence electrons. The van der Waals surface area contributed by atoms with Gasteiger partial charge in [0, 0.05) is 12.1 Å². The standard InChI is InChI=1S/C31H35NOSi2/c1-26(32)22-23-27-24-25-34(28-14-6-2-7-15-28,29-16-8-3-9-17-29)35(33-27,30-18-10-4-11-19-30)31-20-12-5-13-21-31/h2-21,26-27H,22-25,32H2,1H3. The highest BCUT2D eigenvalue weighted by Gasteiger charge is 2.64. The van der Waals surface area contributed by atoms with Crippen LogP contribution in [0.1, 0.15) is 26.2 Å². The number of hydrogen-bond donors (Lipinski definition) is 1. The second-order valence-corrected chi connectivity index (χ2v) is 20.8. The van der Waals surface area contributed by atoms with Crippen LogP contribution in [0, 0.1) is 0 Å². The molecule has 35 heavy (non-hydrogen) atoms. The topological polar surface area (TPSA) is 35.2 Å². The van der Waals surface area contributed by atoms with Crippen molar-refractivity contribution in [2.45, 2.75) is 44.4 Å². The molecule has 1 heterocycles. The molecule has 0 bridgehead atoms. The van der Waals surface area contributed by atoms with Crippen molar-refractivity contribution in [3.63, 3.8) is 0 Å². The maximum Gasteiger partial charge on any atom is 0.251 e. The molecule has 4 aromatic carbocycles. The quantitative estimate of drug-likeness (QED) is 0.395. The Hall–Kier alpha value is -2.77. The van der Waals surface area contributed by atoms with Crippen molar-refractivity contribution >= 4 is 36.2 Å². The second kappa shape index (κ2) is 10.5. The summed E-state index contributed by atoms with van der Waals surface area (Å²) in [6.07, 6.45) is 3.31. The zero-order chi connectivity index (χ0) is 24.1. The van der Waals surface area contributed by atoms with Gasteiger partial charge in [0.2, 0.25) is 0 Å². The molecule has 2 N–H and O–H groups in total. The van der Waals surface area contributed by atoms with Gasteiger partial charge in [-0.2, -0.15) is 0 Å². The van der Waals surface area contributed by atoms with Crippen molar-refractivity contribution in [2.75, 3.05) is 0 Å². The molecule has 0 aromatic heterocycles. The van der Waals surface area contributed by atoms with Crippen molar-refractivity contribution in [1.29, 1.82) is 0 Å². The van der Waals surface area contributed by atoms with E-state index in [1.807, 2.05) is 0 Å². The summed E-state index contributed by atoms with van der Waals surface area (Å²) in [6.45, 7) is 2.11. The zero-order valence-electron chi connectivity index (χ0n) is 20.5. The van der Waals surface area contributed by atoms with E-state index < -0.39 is 15.4 Å². The van der Waals surface area contributed by atoms with Crippen LogP contribution in [0.4, 0.5) is 0 Å². The van der Waals surface area contributed by atoms with Crippen molar-refractivity contribution < 1.29 is 4.43 Å². The summed E-state index contributed by atoms with van der Waals surface area (Å²) in [5.41, 5.74) is 6.20. The van der Waals surface area contributed by atoms with Gasteiger partial charge in [-0.25, -0.2) is 0 Å². The predicted molar refractivity (Wildman–Crippen MR) is 153 cm³/mol. The highest BCUT2D eigenvalue weighted by Crippen LogP contribution is 2.35. The van der Waals surface area contributed by atoms with E-state index in [2.05, 4.69) is 128 Å². The molecule has 0 spiro atoms. The molecule has 1 saturated heterocycles. The van der Waals surface area contributed by atoms with Gasteiger partial charge in [0.1, 0.15) is 0 Å². The fourth-order valence-corrected chi connectivity index (χ4v) is 24.3. The number of hydrogen-bond acceptors (Lipinski definition) is 2. The number of benzene rings is 4. The van der Waals surface area contributed by atoms with Gasteiger partial charge < -0.3 is 10.2 Å². The van der Waals surface area contributed by atoms with E-state index in [1.54, 1.807) is 0 Å². The average Bonchev–Trinajstić information content (AvgIpc) is 2.93. The van der Waals surface area contributed by atoms with Gasteiger partial charge >= 0.3 is 0 Å². The third-order valence-corrected chi connectivity index (χ3v) is 23.7. The first-order chi connectivity index (χ1) is 17.2. The van der Waals surface area contributed by atoms with Gasteiger partial charge in [-0.3, -0.25) is 0 Å². The summed E-state index contributed by atoms with van der Waals surface area (Å²) in [5.74, 6) is 0. The smallest absolute Gasteiger partial charge is 0.251 e. The van der Waals surface area contributed by atoms with E-state index in [0.717, 1.165) is 19.3 Å². The van der Waals surface area contributed by atoms with E-state index >= 15 is 0 Å². The first kappa shape index (κ1) is 24.0. The summed E-state index contributed by atoms with van der Waals surface area (Å²) in [7, 11) is -5.14. The molecule has 1 aliphatic rings. The van der Waals surface area contributed by atoms with Gasteiger partial charge in [0.15, 0.2) is 7.59 Å². The van der Waals surface area contributed by atoms with Gasteiger partial charge in [0.05, 0.1) is 0 Å². The fraction of sp³-hybridized carbons (Fsp3) is 0.226. The fourth-order valence-electron chi connectivity index (χ4n) is 6.06. The third-order valence-electron chi connectivity index (χ3n) is 7.62. The van der Waals surface area contributed by atoms with E-state index in [0.29, 0.717) is 0 Å². The Bertz CT molecular complexity index is 1120. The molecule has 0 amide bonds. The molecule has 0 aliphatic carbocycles. The molecular weight excluding hydrogens is 459 g/mol. The summed E-state index contributed by atoms with van der Waals surface area (Å²) in [5, 5.41) is 5.74. The molecule has 4 aromatic rings. The minimum absolute atomic E-state index is 0.190. The predicted octanol–water partition coefficient (Wildman–Crippen LogP) is 4.00. The Balaban J connectivity index is 1.84. The van der Waals surface area contributed by atoms with Crippen LogP contribution in [0.5, 0.6) is 0 Å². The molecule has 1 aliphatic heterocycles. The Labute approximate surface area is 211 Å². The first-order valence-electron chi connectivity index (χ1n) is 12.8. The summed E-state index contributed by atoms with van der Waals surface area (Å²) < 4.78 is 7.67. The van der Waals surface area contributed by atoms with Crippen LogP contribution >= 0.6 is 0 Å². The Kier molecular flexibility index (Phi) is 7.16. The third kappa shape index (κ3) is 4.36. The summed E-state index contributed by atoms with van der Waals surface area (Å²) in [6, 6.07) is 46.3. The van der Waals surface area contributed by atoms with Gasteiger partial charge in [-0.1, -0.05) is 132 Å². The van der Waals surface area contributed by atoms with Crippen LogP contribution in [0.25, 0.3) is 0 Å². The van der Waals surface area contributed by atoms with Crippen molar-refractivity contribution in [3.05, 3.63) is 121 Å². The van der Waals surface area contributed by atoms with E-state index in [9.17, 15) is 0 Å². The van der Waals surface area contributed by atoms with Crippen LogP contribution in [0.15, 0.2) is 121 Å². The van der Waals surface area contributed by atoms with E-state index in [4.69, 9.17) is 10.2 Å². The summed E-state index contributed by atoms with van der Waals surface area (Å²) in [4.78, 5) is 0. The first-order valence-corrected chi connectivity index (χ1v) is 17.9. The Morgan fingerprint density at radius 1 is 0.686 bits per heavy atom. The molecule has 5 rings (SSSR count). The molecule has 0 radical (unpaired) electrons. The highest BCUT2D eigenvalue weighted by molar-refractivity contribution is 7.57. The summed E-state index contributed by atoms with van der Waals surface area (Å²) >= 11 is 0. The second-order valence-electron chi connectivity index (χ2n) is 9.88. The minimum Gasteiger partial charge on any atom is -0.407 e. The SMILES string of the molecule is CC(N)CCC1CC[Si](c2ccccc2)(c2ccccc2)[Si](c2ccccc2)(c2ccccc2)O1. The highest BCUT2D eigenvalue weighted by atomic mass is 29.3. The minimum atomic E-state index is -2.73. The van der Waals surface area contributed by atoms with Gasteiger partial charge in [-0.05, 0) is 42.6 Å². The Morgan fingerprint density at radius 2 is 1.09 bits per heavy atom. The number of nitrogens with two attached hydrogens (primary N) is 1. The Morgan fingerprint density at radius 3 is 1.49 bits per heavy atom. The van der Waals surface area contributed by atoms with E-state index in [1.165, 1.54) is 26.8 Å². The van der Waals surface area contributed by atoms with Crippen LogP contribution < -0.4 is 26.5 Å². The molecule has 2 nitrogen and oxygen atoms in total. The normalized spacial score (nSPS) is 19.7. The van der Waals surface area contributed by atoms with Gasteiger partial charge in [0.25, 0.3) is 7.83 Å². The monoisotopic (exact) mass is 493 g/mol. The molecular formula is C31H35NOSi2. The van der Waals surface area contributed by atoms with Crippen LogP contribution in [0.2, 0.25) is 6.04 Å². The van der Waals surface area contributed by atoms with Crippen molar-refractivity contribution in [2.24, 2.45) is 5.73 Å². The zero-order valence-corrected chi connectivity index (χ0v) is 22.5. The lowest BCUT2D eigenvalue weighted by molar-refractivity contribution is 0.176. The van der Waals surface area contributed by atoms with Crippen molar-refractivity contribution in [1.82, 2.24) is 0 Å². The largest absolute Gasteiger partial charge is 0.407 e. The molecule has 2 unspecified atom stereocenters.